The van der Waals surface area contributed by atoms with Crippen molar-refractivity contribution in [3.8, 4) is 0 Å². The third-order valence-corrected chi connectivity index (χ3v) is 16.7. The van der Waals surface area contributed by atoms with Crippen molar-refractivity contribution in [3.63, 3.8) is 0 Å². The van der Waals surface area contributed by atoms with E-state index in [0.717, 1.165) is 119 Å². The van der Waals surface area contributed by atoms with E-state index in [-0.39, 0.29) is 29.1 Å². The minimum Gasteiger partial charge on any atom is -0.481 e. The molecule has 3 aliphatic heterocycles. The van der Waals surface area contributed by atoms with E-state index in [0.29, 0.717) is 30.1 Å². The van der Waals surface area contributed by atoms with E-state index >= 15 is 0 Å². The van der Waals surface area contributed by atoms with Crippen molar-refractivity contribution in [1.82, 2.24) is 20.9 Å². The molecule has 4 unspecified atom stereocenters. The van der Waals surface area contributed by atoms with Gasteiger partial charge in [-0.1, -0.05) is 48.5 Å². The summed E-state index contributed by atoms with van der Waals surface area (Å²) in [5.41, 5.74) is 5.09. The summed E-state index contributed by atoms with van der Waals surface area (Å²) in [7, 11) is 0. The lowest BCUT2D eigenvalue weighted by Gasteiger charge is -3.12. The number of benzene rings is 2. The molecule has 0 amide bonds. The van der Waals surface area contributed by atoms with Crippen LogP contribution in [0.2, 0.25) is 0 Å². The van der Waals surface area contributed by atoms with E-state index in [4.69, 9.17) is 0 Å². The van der Waals surface area contributed by atoms with Crippen molar-refractivity contribution in [1.29, 1.82) is 0 Å². The van der Waals surface area contributed by atoms with E-state index in [1.807, 2.05) is 0 Å². The molecule has 0 aromatic heterocycles. The molecule has 54 heavy (non-hydrogen) atoms. The Morgan fingerprint density at radius 2 is 1.06 bits per heavy atom. The molecule has 9 aliphatic rings. The maximum absolute atomic E-state index is 12.6. The normalized spacial score (nSPS) is 39.0. The van der Waals surface area contributed by atoms with Crippen molar-refractivity contribution >= 4 is 17.9 Å². The summed E-state index contributed by atoms with van der Waals surface area (Å²) in [5, 5.41) is 40.8. The van der Waals surface area contributed by atoms with Crippen LogP contribution in [0.4, 0.5) is 0 Å². The van der Waals surface area contributed by atoms with Gasteiger partial charge in [0.25, 0.3) is 0 Å². The smallest absolute Gasteiger partial charge is 0.307 e. The predicted octanol–water partition coefficient (Wildman–Crippen LogP) is 3.83. The highest BCUT2D eigenvalue weighted by molar-refractivity contribution is 5.72. The van der Waals surface area contributed by atoms with E-state index in [1.165, 1.54) is 11.1 Å². The van der Waals surface area contributed by atoms with Crippen molar-refractivity contribution in [2.75, 3.05) is 45.8 Å². The van der Waals surface area contributed by atoms with Crippen LogP contribution in [-0.4, -0.2) is 83.9 Å². The van der Waals surface area contributed by atoms with Crippen LogP contribution >= 0.6 is 0 Å². The summed E-state index contributed by atoms with van der Waals surface area (Å²) in [4.78, 5) is 40.0. The molecule has 6 aliphatic carbocycles. The molecule has 11 rings (SSSR count). The van der Waals surface area contributed by atoms with Gasteiger partial charge in [-0.15, -0.1) is 0 Å². The maximum atomic E-state index is 12.6. The number of nitrogens with one attached hydrogen (secondary N) is 3. The molecule has 10 atom stereocenters. The van der Waals surface area contributed by atoms with Gasteiger partial charge in [-0.25, -0.2) is 0 Å². The van der Waals surface area contributed by atoms with Gasteiger partial charge in [-0.3, -0.25) is 19.3 Å². The number of hydrogen-bond acceptors (Lipinski definition) is 7. The molecule has 3 saturated heterocycles. The monoisotopic (exact) mass is 736 g/mol. The summed E-state index contributed by atoms with van der Waals surface area (Å²) in [6, 6.07) is 17.1. The Hall–Kier alpha value is -3.31. The first kappa shape index (κ1) is 35.1. The predicted molar refractivity (Wildman–Crippen MR) is 201 cm³/mol. The quantitative estimate of drug-likeness (QED) is 0.133. The average molecular weight is 737 g/mol. The van der Waals surface area contributed by atoms with Crippen LogP contribution < -0.4 is 16.0 Å². The minimum absolute atomic E-state index is 0.146. The Balaban J connectivity index is 0.898. The molecule has 6 N–H and O–H groups in total. The molecule has 0 bridgehead atoms. The highest BCUT2D eigenvalue weighted by Gasteiger charge is 3.09. The topological polar surface area (TPSA) is 151 Å². The number of rotatable bonds is 18. The van der Waals surface area contributed by atoms with Crippen molar-refractivity contribution in [2.24, 2.45) is 81.8 Å². The fourth-order valence-corrected chi connectivity index (χ4v) is 14.9. The first-order chi connectivity index (χ1) is 26.2. The standard InChI is InChI=1S/C44H56N4O6/c49-40(50)31(28-7-10-45-18-28)15-24-3-1-5-26(13-24)21-48(22-27-6-2-4-25(14-27)16-32(41(51)52)29-8-11-46-19-29)23-44-37-34-36-35(37)39(44)43(36,38(34)44)17-33(42(53)54)30-9-12-47-20-30/h1-6,13-14,28-39,45-47H,7-12,15-23H2,(H,49,50)(H,51,52)(H,53,54)/t28-,29-,30-,31-,32-,33+,34?,35?,36?,37?,38?,39?,43?,44?/m0/s1. The zero-order chi connectivity index (χ0) is 36.9. The van der Waals surface area contributed by atoms with Gasteiger partial charge >= 0.3 is 17.9 Å². The number of carboxylic acids is 3. The van der Waals surface area contributed by atoms with E-state index in [1.54, 1.807) is 0 Å². The van der Waals surface area contributed by atoms with E-state index < -0.39 is 29.7 Å². The summed E-state index contributed by atoms with van der Waals surface area (Å²) in [5.74, 6) is 1.94. The summed E-state index contributed by atoms with van der Waals surface area (Å²) in [6.45, 7) is 7.55. The Bertz CT molecular complexity index is 1710. The largest absolute Gasteiger partial charge is 0.481 e. The van der Waals surface area contributed by atoms with Gasteiger partial charge in [0, 0.05) is 19.6 Å². The van der Waals surface area contributed by atoms with Gasteiger partial charge in [-0.2, -0.15) is 0 Å². The molecule has 288 valence electrons. The van der Waals surface area contributed by atoms with Crippen LogP contribution in [0.5, 0.6) is 0 Å². The SMILES string of the molecule is O=C(O)[C@@H](Cc1cccc(CN(Cc2cccc(C[C@H](C(=O)O)[C@H]3CCNC3)c2)CC23C4C5C6C4C2C6(C[C@@H](C(=O)O)[C@H]2CCNC2)C53)c1)[C@H]1CCNC1. The lowest BCUT2D eigenvalue weighted by atomic mass is 8.91. The van der Waals surface area contributed by atoms with Crippen molar-refractivity contribution in [2.45, 2.75) is 51.6 Å². The fourth-order valence-electron chi connectivity index (χ4n) is 14.9. The number of carbonyl (C=O) groups is 3. The third kappa shape index (κ3) is 5.08. The Morgan fingerprint density at radius 1 is 0.630 bits per heavy atom. The highest BCUT2D eigenvalue weighted by atomic mass is 16.4. The third-order valence-electron chi connectivity index (χ3n) is 16.7. The zero-order valence-electron chi connectivity index (χ0n) is 31.2. The van der Waals surface area contributed by atoms with Crippen LogP contribution in [0.15, 0.2) is 48.5 Å². The lowest BCUT2D eigenvalue weighted by molar-refractivity contribution is -0.661. The van der Waals surface area contributed by atoms with Gasteiger partial charge in [0.2, 0.25) is 0 Å². The summed E-state index contributed by atoms with van der Waals surface area (Å²) in [6.07, 6.45) is 4.69. The van der Waals surface area contributed by atoms with Crippen LogP contribution in [-0.2, 0) is 40.3 Å². The molecule has 9 fully saturated rings. The first-order valence-electron chi connectivity index (χ1n) is 20.9. The van der Waals surface area contributed by atoms with Gasteiger partial charge in [-0.05, 0) is 164 Å². The van der Waals surface area contributed by atoms with Crippen LogP contribution in [0.1, 0.15) is 47.9 Å². The Labute approximate surface area is 317 Å². The van der Waals surface area contributed by atoms with Gasteiger partial charge in [0.05, 0.1) is 17.8 Å². The fraction of sp³-hybridized carbons (Fsp3) is 0.659. The first-order valence-corrected chi connectivity index (χ1v) is 20.9. The van der Waals surface area contributed by atoms with Crippen LogP contribution in [0.3, 0.4) is 0 Å². The molecule has 10 heteroatoms. The summed E-state index contributed by atoms with van der Waals surface area (Å²) < 4.78 is 0. The number of carboxylic acid groups (broad SMARTS) is 3. The molecule has 2 aromatic rings. The van der Waals surface area contributed by atoms with Crippen molar-refractivity contribution < 1.29 is 29.7 Å². The van der Waals surface area contributed by atoms with Gasteiger partial charge in [0.15, 0.2) is 0 Å². The van der Waals surface area contributed by atoms with Crippen LogP contribution in [0, 0.1) is 81.8 Å². The van der Waals surface area contributed by atoms with E-state index in [9.17, 15) is 29.7 Å². The molecular weight excluding hydrogens is 681 g/mol. The second kappa shape index (κ2) is 13.1. The van der Waals surface area contributed by atoms with Gasteiger partial charge < -0.3 is 31.3 Å². The highest BCUT2D eigenvalue weighted by Crippen LogP contribution is 3.11. The van der Waals surface area contributed by atoms with E-state index in [2.05, 4.69) is 69.4 Å². The molecule has 0 radical (unpaired) electrons. The molecule has 10 nitrogen and oxygen atoms in total. The minimum atomic E-state index is -0.714. The zero-order valence-corrected chi connectivity index (χ0v) is 31.2. The molecule has 6 saturated carbocycles. The second-order valence-electron chi connectivity index (χ2n) is 18.9. The molecule has 3 heterocycles. The molecule has 0 spiro atoms. The summed E-state index contributed by atoms with van der Waals surface area (Å²) >= 11 is 0. The lowest BCUT2D eigenvalue weighted by Crippen LogP contribution is -3.10. The maximum Gasteiger partial charge on any atom is 0.307 e. The number of aliphatic carboxylic acids is 3. The second-order valence-corrected chi connectivity index (χ2v) is 18.9. The number of hydrogen-bond donors (Lipinski definition) is 6. The Kier molecular flexibility index (Phi) is 8.55. The van der Waals surface area contributed by atoms with Crippen molar-refractivity contribution in [3.05, 3.63) is 70.8 Å². The van der Waals surface area contributed by atoms with Crippen LogP contribution in [0.25, 0.3) is 0 Å². The Morgan fingerprint density at radius 3 is 1.48 bits per heavy atom. The average Bonchev–Trinajstić information content (AvgIpc) is 3.97. The number of nitrogens with zero attached hydrogens (tertiary/aromatic N) is 1. The molecular formula is C44H56N4O6. The molecule has 2 aromatic carbocycles. The van der Waals surface area contributed by atoms with Gasteiger partial charge in [0.1, 0.15) is 0 Å².